The summed E-state index contributed by atoms with van der Waals surface area (Å²) < 4.78 is 1.99. The topological polar surface area (TPSA) is 33.1 Å². The van der Waals surface area contributed by atoms with Crippen LogP contribution < -0.4 is 10.2 Å². The van der Waals surface area contributed by atoms with Crippen molar-refractivity contribution in [2.45, 2.75) is 39.3 Å². The van der Waals surface area contributed by atoms with Gasteiger partial charge in [0.1, 0.15) is 0 Å². The minimum absolute atomic E-state index is 0.711. The molecule has 0 bridgehead atoms. The highest BCUT2D eigenvalue weighted by atomic mass is 15.3. The van der Waals surface area contributed by atoms with Gasteiger partial charge >= 0.3 is 0 Å². The minimum atomic E-state index is 0.711. The van der Waals surface area contributed by atoms with Crippen molar-refractivity contribution in [3.63, 3.8) is 0 Å². The van der Waals surface area contributed by atoms with Crippen LogP contribution in [0.15, 0.2) is 12.4 Å². The molecule has 0 aromatic carbocycles. The Balaban J connectivity index is 1.88. The largest absolute Gasteiger partial charge is 0.369 e. The van der Waals surface area contributed by atoms with Crippen LogP contribution in [0.3, 0.4) is 0 Å². The van der Waals surface area contributed by atoms with Gasteiger partial charge in [-0.15, -0.1) is 0 Å². The van der Waals surface area contributed by atoms with Crippen LogP contribution >= 0.6 is 0 Å². The number of piperidine rings is 1. The Kier molecular flexibility index (Phi) is 3.83. The number of anilines is 1. The molecule has 16 heavy (non-hydrogen) atoms. The molecule has 0 atom stereocenters. The van der Waals surface area contributed by atoms with Crippen molar-refractivity contribution < 1.29 is 0 Å². The van der Waals surface area contributed by atoms with Crippen molar-refractivity contribution in [2.24, 2.45) is 0 Å². The average molecular weight is 222 g/mol. The van der Waals surface area contributed by atoms with Gasteiger partial charge in [0.25, 0.3) is 0 Å². The van der Waals surface area contributed by atoms with Crippen molar-refractivity contribution in [1.82, 2.24) is 15.1 Å². The van der Waals surface area contributed by atoms with E-state index in [4.69, 9.17) is 0 Å². The van der Waals surface area contributed by atoms with Gasteiger partial charge in [0.05, 0.1) is 11.9 Å². The molecule has 0 amide bonds. The van der Waals surface area contributed by atoms with Crippen LogP contribution in [0.1, 0.15) is 26.7 Å². The molecule has 0 spiro atoms. The quantitative estimate of drug-likeness (QED) is 0.837. The molecule has 1 aliphatic rings. The molecule has 0 unspecified atom stereocenters. The highest BCUT2D eigenvalue weighted by molar-refractivity contribution is 5.42. The fourth-order valence-corrected chi connectivity index (χ4v) is 2.32. The van der Waals surface area contributed by atoms with Crippen molar-refractivity contribution in [2.75, 3.05) is 24.5 Å². The van der Waals surface area contributed by atoms with E-state index in [9.17, 15) is 0 Å². The van der Waals surface area contributed by atoms with E-state index in [-0.39, 0.29) is 0 Å². The number of nitrogens with zero attached hydrogens (tertiary/aromatic N) is 3. The van der Waals surface area contributed by atoms with Crippen LogP contribution in [0.4, 0.5) is 5.69 Å². The highest BCUT2D eigenvalue weighted by Gasteiger charge is 2.19. The third-order valence-electron chi connectivity index (χ3n) is 3.30. The van der Waals surface area contributed by atoms with Crippen LogP contribution in [0.2, 0.25) is 0 Å². The first-order valence-electron chi connectivity index (χ1n) is 6.34. The number of aromatic nitrogens is 2. The second kappa shape index (κ2) is 5.34. The fourth-order valence-electron chi connectivity index (χ4n) is 2.32. The zero-order chi connectivity index (χ0) is 11.4. The van der Waals surface area contributed by atoms with Crippen LogP contribution in [0.25, 0.3) is 0 Å². The van der Waals surface area contributed by atoms with E-state index < -0.39 is 0 Å². The van der Waals surface area contributed by atoms with Gasteiger partial charge in [-0.3, -0.25) is 4.68 Å². The summed E-state index contributed by atoms with van der Waals surface area (Å²) in [6.45, 7) is 8.62. The lowest BCUT2D eigenvalue weighted by Gasteiger charge is -2.32. The van der Waals surface area contributed by atoms with E-state index in [0.717, 1.165) is 26.2 Å². The minimum Gasteiger partial charge on any atom is -0.369 e. The van der Waals surface area contributed by atoms with Gasteiger partial charge in [0.15, 0.2) is 0 Å². The normalized spacial score (nSPS) is 18.0. The zero-order valence-electron chi connectivity index (χ0n) is 10.3. The second-order valence-electron chi connectivity index (χ2n) is 4.37. The molecular weight excluding hydrogens is 200 g/mol. The summed E-state index contributed by atoms with van der Waals surface area (Å²) in [4.78, 5) is 2.44. The summed E-state index contributed by atoms with van der Waals surface area (Å²) >= 11 is 0. The Morgan fingerprint density at radius 1 is 1.38 bits per heavy atom. The SMILES string of the molecule is CCNC1CCN(c2cnn(CC)c2)CC1. The maximum Gasteiger partial charge on any atom is 0.0752 e. The summed E-state index contributed by atoms with van der Waals surface area (Å²) in [6, 6.07) is 0.711. The molecule has 1 aliphatic heterocycles. The number of rotatable bonds is 4. The van der Waals surface area contributed by atoms with Crippen molar-refractivity contribution in [3.05, 3.63) is 12.4 Å². The molecule has 4 heteroatoms. The Hall–Kier alpha value is -1.03. The van der Waals surface area contributed by atoms with Gasteiger partial charge < -0.3 is 10.2 Å². The van der Waals surface area contributed by atoms with Crippen LogP contribution in [0, 0.1) is 0 Å². The van der Waals surface area contributed by atoms with Gasteiger partial charge in [-0.05, 0) is 26.3 Å². The number of aryl methyl sites for hydroxylation is 1. The van der Waals surface area contributed by atoms with Crippen LogP contribution in [0.5, 0.6) is 0 Å². The summed E-state index contributed by atoms with van der Waals surface area (Å²) in [6.07, 6.45) is 6.61. The Morgan fingerprint density at radius 2 is 2.12 bits per heavy atom. The molecule has 2 rings (SSSR count). The lowest BCUT2D eigenvalue weighted by atomic mass is 10.1. The van der Waals surface area contributed by atoms with E-state index in [1.54, 1.807) is 0 Å². The summed E-state index contributed by atoms with van der Waals surface area (Å²) in [7, 11) is 0. The van der Waals surface area contributed by atoms with E-state index in [1.165, 1.54) is 18.5 Å². The third kappa shape index (κ3) is 2.55. The predicted molar refractivity (Wildman–Crippen MR) is 66.8 cm³/mol. The second-order valence-corrected chi connectivity index (χ2v) is 4.37. The molecular formula is C12H22N4. The monoisotopic (exact) mass is 222 g/mol. The molecule has 1 aromatic heterocycles. The molecule has 0 saturated carbocycles. The van der Waals surface area contributed by atoms with E-state index in [2.05, 4.69) is 35.4 Å². The smallest absolute Gasteiger partial charge is 0.0752 e. The number of nitrogens with one attached hydrogen (secondary N) is 1. The first-order valence-corrected chi connectivity index (χ1v) is 6.34. The maximum absolute atomic E-state index is 4.32. The number of hydrogen-bond acceptors (Lipinski definition) is 3. The summed E-state index contributed by atoms with van der Waals surface area (Å²) in [5.41, 5.74) is 1.27. The van der Waals surface area contributed by atoms with Crippen molar-refractivity contribution in [1.29, 1.82) is 0 Å². The van der Waals surface area contributed by atoms with Crippen LogP contribution in [-0.2, 0) is 6.54 Å². The van der Waals surface area contributed by atoms with Gasteiger partial charge in [0, 0.05) is 31.9 Å². The average Bonchev–Trinajstić information content (AvgIpc) is 2.79. The highest BCUT2D eigenvalue weighted by Crippen LogP contribution is 2.19. The first-order chi connectivity index (χ1) is 7.83. The van der Waals surface area contributed by atoms with Crippen molar-refractivity contribution >= 4 is 5.69 Å². The third-order valence-corrected chi connectivity index (χ3v) is 3.30. The van der Waals surface area contributed by atoms with Crippen LogP contribution in [-0.4, -0.2) is 35.5 Å². The summed E-state index contributed by atoms with van der Waals surface area (Å²) in [5, 5.41) is 7.85. The van der Waals surface area contributed by atoms with Gasteiger partial charge in [-0.1, -0.05) is 6.92 Å². The molecule has 1 aromatic rings. The van der Waals surface area contributed by atoms with Gasteiger partial charge in [0.2, 0.25) is 0 Å². The maximum atomic E-state index is 4.32. The molecule has 1 fully saturated rings. The lowest BCUT2D eigenvalue weighted by Crippen LogP contribution is -2.42. The van der Waals surface area contributed by atoms with E-state index in [1.807, 2.05) is 10.9 Å². The Morgan fingerprint density at radius 3 is 2.69 bits per heavy atom. The first kappa shape index (κ1) is 11.5. The molecule has 1 saturated heterocycles. The fraction of sp³-hybridized carbons (Fsp3) is 0.750. The molecule has 1 N–H and O–H groups in total. The standard InChI is InChI=1S/C12H22N4/c1-3-13-11-5-7-15(8-6-11)12-9-14-16(4-2)10-12/h9-11,13H,3-8H2,1-2H3. The summed E-state index contributed by atoms with van der Waals surface area (Å²) in [5.74, 6) is 0. The molecule has 0 aliphatic carbocycles. The number of hydrogen-bond donors (Lipinski definition) is 1. The van der Waals surface area contributed by atoms with E-state index >= 15 is 0 Å². The zero-order valence-corrected chi connectivity index (χ0v) is 10.3. The van der Waals surface area contributed by atoms with Gasteiger partial charge in [-0.25, -0.2) is 0 Å². The molecule has 4 nitrogen and oxygen atoms in total. The lowest BCUT2D eigenvalue weighted by molar-refractivity contribution is 0.424. The predicted octanol–water partition coefficient (Wildman–Crippen LogP) is 1.48. The van der Waals surface area contributed by atoms with Gasteiger partial charge in [-0.2, -0.15) is 5.10 Å². The molecule has 0 radical (unpaired) electrons. The van der Waals surface area contributed by atoms with Crippen molar-refractivity contribution in [3.8, 4) is 0 Å². The Bertz CT molecular complexity index is 313. The van der Waals surface area contributed by atoms with E-state index in [0.29, 0.717) is 6.04 Å². The molecule has 2 heterocycles. The molecule has 90 valence electrons. The Labute approximate surface area is 97.6 Å².